The topological polar surface area (TPSA) is 105 Å². The maximum Gasteiger partial charge on any atom is 0.422 e. The molecule has 0 aliphatic heterocycles. The van der Waals surface area contributed by atoms with E-state index in [1.807, 2.05) is 0 Å². The van der Waals surface area contributed by atoms with Gasteiger partial charge in [-0.3, -0.25) is 10.1 Å². The Kier molecular flexibility index (Phi) is 7.74. The first-order chi connectivity index (χ1) is 15.2. The molecule has 178 valence electrons. The number of carbonyl (C=O) groups excluding carboxylic acids is 2. The molecule has 0 N–H and O–H groups in total. The Morgan fingerprint density at radius 2 is 1.67 bits per heavy atom. The summed E-state index contributed by atoms with van der Waals surface area (Å²) >= 11 is 5.76. The van der Waals surface area contributed by atoms with Crippen molar-refractivity contribution >= 4 is 29.2 Å². The molecule has 8 nitrogen and oxygen atoms in total. The second kappa shape index (κ2) is 9.94. The van der Waals surface area contributed by atoms with Crippen LogP contribution >= 0.6 is 11.6 Å². The zero-order valence-corrected chi connectivity index (χ0v) is 16.6. The first-order valence-corrected chi connectivity index (χ1v) is 8.77. The summed E-state index contributed by atoms with van der Waals surface area (Å²) in [6.45, 7) is -3.21. The predicted molar refractivity (Wildman–Crippen MR) is 96.9 cm³/mol. The van der Waals surface area contributed by atoms with Crippen molar-refractivity contribution in [3.05, 3.63) is 62.7 Å². The fourth-order valence-corrected chi connectivity index (χ4v) is 2.41. The van der Waals surface area contributed by atoms with E-state index in [2.05, 4.69) is 9.47 Å². The molecule has 15 heteroatoms. The van der Waals surface area contributed by atoms with Crippen LogP contribution in [0.25, 0.3) is 0 Å². The summed E-state index contributed by atoms with van der Waals surface area (Å²) in [6.07, 6.45) is -9.49. The summed E-state index contributed by atoms with van der Waals surface area (Å²) in [5.74, 6) is -3.61. The minimum absolute atomic E-state index is 0.283. The minimum atomic E-state index is -4.82. The lowest BCUT2D eigenvalue weighted by molar-refractivity contribution is -0.385. The molecule has 0 radical (unpaired) electrons. The van der Waals surface area contributed by atoms with Crippen molar-refractivity contribution in [1.82, 2.24) is 0 Å². The molecule has 0 fully saturated rings. The first kappa shape index (κ1) is 25.7. The molecule has 0 aliphatic rings. The molecule has 0 atom stereocenters. The molecule has 0 heterocycles. The smallest absolute Gasteiger partial charge is 0.422 e. The molecule has 0 saturated carbocycles. The van der Waals surface area contributed by atoms with Crippen molar-refractivity contribution in [1.29, 1.82) is 0 Å². The zero-order valence-electron chi connectivity index (χ0n) is 15.8. The van der Waals surface area contributed by atoms with E-state index in [1.54, 1.807) is 0 Å². The largest absolute Gasteiger partial charge is 0.456 e. The molecule has 0 aliphatic carbocycles. The highest BCUT2D eigenvalue weighted by Gasteiger charge is 2.32. The third-order valence-electron chi connectivity index (χ3n) is 3.59. The molecular formula is C18H10ClF6NO7. The minimum Gasteiger partial charge on any atom is -0.456 e. The third kappa shape index (κ3) is 7.52. The van der Waals surface area contributed by atoms with E-state index in [4.69, 9.17) is 16.3 Å². The summed E-state index contributed by atoms with van der Waals surface area (Å²) in [6, 6.07) is 4.68. The average molecular weight is 502 g/mol. The van der Waals surface area contributed by atoms with Gasteiger partial charge in [0.05, 0.1) is 15.5 Å². The van der Waals surface area contributed by atoms with Crippen LogP contribution < -0.4 is 4.74 Å². The molecule has 0 saturated heterocycles. The van der Waals surface area contributed by atoms with Gasteiger partial charge in [0.2, 0.25) is 0 Å². The van der Waals surface area contributed by atoms with Crippen LogP contribution in [0.1, 0.15) is 15.9 Å². The number of nitrogens with zero attached hydrogens (tertiary/aromatic N) is 1. The van der Waals surface area contributed by atoms with Crippen LogP contribution in [-0.4, -0.2) is 36.3 Å². The summed E-state index contributed by atoms with van der Waals surface area (Å²) in [4.78, 5) is 33.5. The lowest BCUT2D eigenvalue weighted by Crippen LogP contribution is -2.24. The van der Waals surface area contributed by atoms with Gasteiger partial charge >= 0.3 is 24.3 Å². The van der Waals surface area contributed by atoms with Crippen molar-refractivity contribution in [2.75, 3.05) is 13.2 Å². The Labute approximate surface area is 184 Å². The number of rotatable bonds is 7. The number of nitro benzene ring substituents is 1. The van der Waals surface area contributed by atoms with E-state index in [1.165, 1.54) is 0 Å². The van der Waals surface area contributed by atoms with E-state index in [9.17, 15) is 46.0 Å². The van der Waals surface area contributed by atoms with Gasteiger partial charge in [-0.1, -0.05) is 11.6 Å². The van der Waals surface area contributed by atoms with E-state index < -0.39 is 64.3 Å². The van der Waals surface area contributed by atoms with Crippen LogP contribution in [0, 0.1) is 10.1 Å². The van der Waals surface area contributed by atoms with E-state index in [0.29, 0.717) is 12.1 Å². The zero-order chi connectivity index (χ0) is 25.0. The molecule has 2 aromatic carbocycles. The van der Waals surface area contributed by atoms with Crippen LogP contribution in [0.2, 0.25) is 5.02 Å². The molecule has 33 heavy (non-hydrogen) atoms. The highest BCUT2D eigenvalue weighted by Crippen LogP contribution is 2.37. The van der Waals surface area contributed by atoms with Crippen LogP contribution in [0.3, 0.4) is 0 Å². The molecule has 0 spiro atoms. The SMILES string of the molecule is O=C(COC(=O)c1cc(Oc2ccc(C(F)(F)F)cc2Cl)ccc1[N+](=O)[O-])OCC(F)(F)F. The third-order valence-corrected chi connectivity index (χ3v) is 3.88. The molecule has 2 aromatic rings. The lowest BCUT2D eigenvalue weighted by atomic mass is 10.1. The van der Waals surface area contributed by atoms with Gasteiger partial charge in [-0.2, -0.15) is 26.3 Å². The Bertz CT molecular complexity index is 1070. The van der Waals surface area contributed by atoms with E-state index in [-0.39, 0.29) is 11.5 Å². The Balaban J connectivity index is 2.20. The van der Waals surface area contributed by atoms with Crippen molar-refractivity contribution in [2.24, 2.45) is 0 Å². The lowest BCUT2D eigenvalue weighted by Gasteiger charge is -2.12. The van der Waals surface area contributed by atoms with Gasteiger partial charge < -0.3 is 14.2 Å². The molecule has 0 bridgehead atoms. The second-order valence-electron chi connectivity index (χ2n) is 6.03. The maximum absolute atomic E-state index is 12.7. The summed E-state index contributed by atoms with van der Waals surface area (Å²) < 4.78 is 87.7. The number of esters is 2. The molecular weight excluding hydrogens is 492 g/mol. The normalized spacial score (nSPS) is 11.6. The number of hydrogen-bond acceptors (Lipinski definition) is 7. The number of carbonyl (C=O) groups is 2. The van der Waals surface area contributed by atoms with Crippen molar-refractivity contribution < 1.29 is 55.1 Å². The Morgan fingerprint density at radius 1 is 1.00 bits per heavy atom. The monoisotopic (exact) mass is 501 g/mol. The summed E-state index contributed by atoms with van der Waals surface area (Å²) in [5.41, 5.74) is -2.64. The number of hydrogen-bond donors (Lipinski definition) is 0. The molecule has 0 amide bonds. The highest BCUT2D eigenvalue weighted by molar-refractivity contribution is 6.32. The fourth-order valence-electron chi connectivity index (χ4n) is 2.19. The number of halogens is 7. The molecule has 2 rings (SSSR count). The average Bonchev–Trinajstić information content (AvgIpc) is 2.70. The van der Waals surface area contributed by atoms with Gasteiger partial charge in [-0.05, 0) is 24.3 Å². The Hall–Kier alpha value is -3.55. The van der Waals surface area contributed by atoms with Gasteiger partial charge in [0.1, 0.15) is 17.1 Å². The van der Waals surface area contributed by atoms with Crippen molar-refractivity contribution in [3.63, 3.8) is 0 Å². The van der Waals surface area contributed by atoms with Crippen LogP contribution in [0.15, 0.2) is 36.4 Å². The van der Waals surface area contributed by atoms with E-state index >= 15 is 0 Å². The second-order valence-corrected chi connectivity index (χ2v) is 6.44. The number of alkyl halides is 6. The van der Waals surface area contributed by atoms with E-state index in [0.717, 1.165) is 24.3 Å². The van der Waals surface area contributed by atoms with Gasteiger partial charge in [0.25, 0.3) is 5.69 Å². The fraction of sp³-hybridized carbons (Fsp3) is 0.222. The summed E-state index contributed by atoms with van der Waals surface area (Å²) in [5, 5.41) is 10.7. The predicted octanol–water partition coefficient (Wildman–Crippen LogP) is 5.32. The summed E-state index contributed by atoms with van der Waals surface area (Å²) in [7, 11) is 0. The van der Waals surface area contributed by atoms with Crippen LogP contribution in [-0.2, 0) is 20.4 Å². The van der Waals surface area contributed by atoms with Gasteiger partial charge in [0, 0.05) is 12.1 Å². The van der Waals surface area contributed by atoms with Gasteiger partial charge in [-0.15, -0.1) is 0 Å². The molecule has 0 unspecified atom stereocenters. The maximum atomic E-state index is 12.7. The van der Waals surface area contributed by atoms with Gasteiger partial charge in [0.15, 0.2) is 13.2 Å². The van der Waals surface area contributed by atoms with Crippen LogP contribution in [0.4, 0.5) is 32.0 Å². The van der Waals surface area contributed by atoms with Gasteiger partial charge in [-0.25, -0.2) is 9.59 Å². The standard InChI is InChI=1S/C18H10ClF6NO7/c19-12-5-9(18(23,24)25)1-4-14(12)33-10-2-3-13(26(29)30)11(6-10)16(28)31-7-15(27)32-8-17(20,21)22/h1-6H,7-8H2. The quantitative estimate of drug-likeness (QED) is 0.219. The highest BCUT2D eigenvalue weighted by atomic mass is 35.5. The Morgan fingerprint density at radius 3 is 2.21 bits per heavy atom. The number of benzene rings is 2. The van der Waals surface area contributed by atoms with Crippen molar-refractivity contribution in [2.45, 2.75) is 12.4 Å². The number of nitro groups is 1. The molecule has 0 aromatic heterocycles. The first-order valence-electron chi connectivity index (χ1n) is 8.40. The van der Waals surface area contributed by atoms with Crippen molar-refractivity contribution in [3.8, 4) is 11.5 Å². The van der Waals surface area contributed by atoms with Crippen LogP contribution in [0.5, 0.6) is 11.5 Å². The number of ether oxygens (including phenoxy) is 3.